The Labute approximate surface area is 212 Å². The predicted molar refractivity (Wildman–Crippen MR) is 141 cm³/mol. The Balaban J connectivity index is 1.20. The van der Waals surface area contributed by atoms with E-state index in [4.69, 9.17) is 9.47 Å². The molecule has 2 N–H and O–H groups in total. The van der Waals surface area contributed by atoms with Crippen LogP contribution in [0.25, 0.3) is 16.7 Å². The summed E-state index contributed by atoms with van der Waals surface area (Å²) in [5, 5.41) is 7.56. The number of carbonyl (C=O) groups excluding carboxylic acids is 1. The molecular weight excluding hydrogens is 470 g/mol. The summed E-state index contributed by atoms with van der Waals surface area (Å²) in [6.07, 6.45) is 1.92. The maximum Gasteiger partial charge on any atom is 0.262 e. The van der Waals surface area contributed by atoms with E-state index in [1.807, 2.05) is 61.5 Å². The highest BCUT2D eigenvalue weighted by atomic mass is 16.5. The number of benzene rings is 3. The molecule has 186 valence electrons. The van der Waals surface area contributed by atoms with Gasteiger partial charge in [-0.05, 0) is 67.6 Å². The Hall–Kier alpha value is -4.92. The molecule has 3 aromatic carbocycles. The zero-order chi connectivity index (χ0) is 25.6. The lowest BCUT2D eigenvalue weighted by atomic mass is 10.2. The quantitative estimate of drug-likeness (QED) is 0.302. The highest BCUT2D eigenvalue weighted by Crippen LogP contribution is 2.25. The van der Waals surface area contributed by atoms with Gasteiger partial charge in [-0.2, -0.15) is 5.10 Å². The molecule has 0 spiro atoms. The fourth-order valence-corrected chi connectivity index (χ4v) is 3.81. The van der Waals surface area contributed by atoms with Crippen molar-refractivity contribution < 1.29 is 14.3 Å². The average Bonchev–Trinajstić information content (AvgIpc) is 3.35. The number of rotatable bonds is 9. The van der Waals surface area contributed by atoms with Gasteiger partial charge < -0.3 is 19.8 Å². The molecule has 37 heavy (non-hydrogen) atoms. The standard InChI is InChI=1S/C28H25N5O4/c1-2-36-21-12-14-23(15-13-21)37-22-10-8-19(9-11-22)30-26(34)17-16-25-31-27-24(28(35)32-25)18-29-33(27)20-6-4-3-5-7-20/h3-15,18H,2,16-17H2,1H3,(H,30,34)(H,31,32,35). The lowest BCUT2D eigenvalue weighted by Gasteiger charge is -2.09. The Morgan fingerprint density at radius 3 is 2.32 bits per heavy atom. The van der Waals surface area contributed by atoms with Crippen LogP contribution in [-0.4, -0.2) is 32.3 Å². The molecule has 2 heterocycles. The topological polar surface area (TPSA) is 111 Å². The van der Waals surface area contributed by atoms with Crippen LogP contribution in [0.4, 0.5) is 5.69 Å². The number of ether oxygens (including phenoxy) is 2. The predicted octanol–water partition coefficient (Wildman–Crippen LogP) is 4.87. The van der Waals surface area contributed by atoms with E-state index < -0.39 is 0 Å². The maximum absolute atomic E-state index is 12.5. The van der Waals surface area contributed by atoms with E-state index in [-0.39, 0.29) is 24.3 Å². The summed E-state index contributed by atoms with van der Waals surface area (Å²) in [6, 6.07) is 23.9. The molecule has 0 saturated heterocycles. The Morgan fingerprint density at radius 1 is 0.946 bits per heavy atom. The summed E-state index contributed by atoms with van der Waals surface area (Å²) in [5.74, 6) is 2.34. The summed E-state index contributed by atoms with van der Waals surface area (Å²) in [5.41, 5.74) is 1.61. The van der Waals surface area contributed by atoms with Gasteiger partial charge in [-0.25, -0.2) is 9.67 Å². The molecule has 0 aliphatic rings. The highest BCUT2D eigenvalue weighted by Gasteiger charge is 2.13. The second kappa shape index (κ2) is 10.8. The molecule has 9 nitrogen and oxygen atoms in total. The monoisotopic (exact) mass is 495 g/mol. The van der Waals surface area contributed by atoms with E-state index in [0.29, 0.717) is 40.7 Å². The number of nitrogens with zero attached hydrogens (tertiary/aromatic N) is 3. The molecule has 0 saturated carbocycles. The van der Waals surface area contributed by atoms with E-state index in [2.05, 4.69) is 20.4 Å². The second-order valence-electron chi connectivity index (χ2n) is 8.22. The number of hydrogen-bond acceptors (Lipinski definition) is 6. The summed E-state index contributed by atoms with van der Waals surface area (Å²) in [7, 11) is 0. The minimum absolute atomic E-state index is 0.151. The summed E-state index contributed by atoms with van der Waals surface area (Å²) in [4.78, 5) is 32.4. The van der Waals surface area contributed by atoms with Crippen LogP contribution in [0.2, 0.25) is 0 Å². The van der Waals surface area contributed by atoms with Gasteiger partial charge in [0, 0.05) is 18.5 Å². The van der Waals surface area contributed by atoms with E-state index >= 15 is 0 Å². The van der Waals surface area contributed by atoms with Crippen molar-refractivity contribution in [1.82, 2.24) is 19.7 Å². The highest BCUT2D eigenvalue weighted by molar-refractivity contribution is 5.90. The summed E-state index contributed by atoms with van der Waals surface area (Å²) >= 11 is 0. The molecule has 0 fully saturated rings. The Kier molecular flexibility index (Phi) is 6.93. The molecule has 5 rings (SSSR count). The molecule has 0 atom stereocenters. The number of amides is 1. The number of aromatic amines is 1. The van der Waals surface area contributed by atoms with Crippen LogP contribution in [0, 0.1) is 0 Å². The first-order valence-corrected chi connectivity index (χ1v) is 11.9. The number of aromatic nitrogens is 4. The first-order chi connectivity index (χ1) is 18.1. The van der Waals surface area contributed by atoms with Crippen molar-refractivity contribution in [2.45, 2.75) is 19.8 Å². The molecule has 1 amide bonds. The third-order valence-electron chi connectivity index (χ3n) is 5.59. The third-order valence-corrected chi connectivity index (χ3v) is 5.59. The van der Waals surface area contributed by atoms with Gasteiger partial charge in [0.15, 0.2) is 5.65 Å². The third kappa shape index (κ3) is 5.67. The molecule has 0 aliphatic carbocycles. The van der Waals surface area contributed by atoms with Crippen molar-refractivity contribution in [3.05, 3.63) is 101 Å². The Morgan fingerprint density at radius 2 is 1.62 bits per heavy atom. The van der Waals surface area contributed by atoms with Gasteiger partial charge in [0.05, 0.1) is 18.5 Å². The van der Waals surface area contributed by atoms with Crippen LogP contribution in [0.5, 0.6) is 17.2 Å². The van der Waals surface area contributed by atoms with Crippen molar-refractivity contribution in [2.75, 3.05) is 11.9 Å². The van der Waals surface area contributed by atoms with Gasteiger partial charge >= 0.3 is 0 Å². The number of anilines is 1. The van der Waals surface area contributed by atoms with Crippen LogP contribution in [0.3, 0.4) is 0 Å². The van der Waals surface area contributed by atoms with Crippen molar-refractivity contribution in [3.8, 4) is 22.9 Å². The summed E-state index contributed by atoms with van der Waals surface area (Å²) < 4.78 is 12.9. The molecule has 0 bridgehead atoms. The molecule has 0 unspecified atom stereocenters. The largest absolute Gasteiger partial charge is 0.494 e. The lowest BCUT2D eigenvalue weighted by molar-refractivity contribution is -0.116. The molecule has 5 aromatic rings. The number of nitrogens with one attached hydrogen (secondary N) is 2. The Bertz CT molecular complexity index is 1560. The normalized spacial score (nSPS) is 10.8. The number of aryl methyl sites for hydroxylation is 1. The van der Waals surface area contributed by atoms with E-state index in [1.54, 1.807) is 28.9 Å². The van der Waals surface area contributed by atoms with Gasteiger partial charge in [-0.3, -0.25) is 9.59 Å². The van der Waals surface area contributed by atoms with Crippen LogP contribution < -0.4 is 20.3 Å². The zero-order valence-electron chi connectivity index (χ0n) is 20.2. The summed E-state index contributed by atoms with van der Waals surface area (Å²) in [6.45, 7) is 2.54. The van der Waals surface area contributed by atoms with Gasteiger partial charge in [-0.15, -0.1) is 0 Å². The lowest BCUT2D eigenvalue weighted by Crippen LogP contribution is -2.16. The van der Waals surface area contributed by atoms with Crippen molar-refractivity contribution >= 4 is 22.6 Å². The average molecular weight is 496 g/mol. The number of fused-ring (bicyclic) bond motifs is 1. The van der Waals surface area contributed by atoms with Gasteiger partial charge in [-0.1, -0.05) is 18.2 Å². The molecule has 0 aliphatic heterocycles. The molecule has 0 radical (unpaired) electrons. The van der Waals surface area contributed by atoms with Crippen LogP contribution in [0.1, 0.15) is 19.2 Å². The number of H-pyrrole nitrogens is 1. The van der Waals surface area contributed by atoms with Crippen LogP contribution >= 0.6 is 0 Å². The van der Waals surface area contributed by atoms with Gasteiger partial charge in [0.1, 0.15) is 28.5 Å². The van der Waals surface area contributed by atoms with E-state index in [1.165, 1.54) is 6.20 Å². The minimum Gasteiger partial charge on any atom is -0.494 e. The van der Waals surface area contributed by atoms with E-state index in [9.17, 15) is 9.59 Å². The number of hydrogen-bond donors (Lipinski definition) is 2. The van der Waals surface area contributed by atoms with E-state index in [0.717, 1.165) is 11.4 Å². The number of carbonyl (C=O) groups is 1. The minimum atomic E-state index is -0.286. The fraction of sp³-hybridized carbons (Fsp3) is 0.143. The fourth-order valence-electron chi connectivity index (χ4n) is 3.81. The molecule has 9 heteroatoms. The first-order valence-electron chi connectivity index (χ1n) is 11.9. The first kappa shape index (κ1) is 23.8. The molecule has 2 aromatic heterocycles. The van der Waals surface area contributed by atoms with Crippen molar-refractivity contribution in [1.29, 1.82) is 0 Å². The second-order valence-corrected chi connectivity index (χ2v) is 8.22. The zero-order valence-corrected chi connectivity index (χ0v) is 20.2. The van der Waals surface area contributed by atoms with Crippen molar-refractivity contribution in [2.24, 2.45) is 0 Å². The smallest absolute Gasteiger partial charge is 0.262 e. The van der Waals surface area contributed by atoms with Gasteiger partial charge in [0.2, 0.25) is 5.91 Å². The van der Waals surface area contributed by atoms with Crippen LogP contribution in [0.15, 0.2) is 89.9 Å². The number of para-hydroxylation sites is 1. The SMILES string of the molecule is CCOc1ccc(Oc2ccc(NC(=O)CCc3nc4c(cnn4-c4ccccc4)c(=O)[nH]3)cc2)cc1. The van der Waals surface area contributed by atoms with Crippen LogP contribution in [-0.2, 0) is 11.2 Å². The van der Waals surface area contributed by atoms with Gasteiger partial charge in [0.25, 0.3) is 5.56 Å². The van der Waals surface area contributed by atoms with Crippen molar-refractivity contribution in [3.63, 3.8) is 0 Å². The maximum atomic E-state index is 12.5. The molecular formula is C28H25N5O4.